The van der Waals surface area contributed by atoms with Crippen molar-refractivity contribution in [2.75, 3.05) is 13.2 Å². The molecule has 246 valence electrons. The van der Waals surface area contributed by atoms with Gasteiger partial charge in [0.2, 0.25) is 11.8 Å². The molecule has 1 aromatic carbocycles. The van der Waals surface area contributed by atoms with Gasteiger partial charge in [-0.15, -0.1) is 11.7 Å². The maximum atomic E-state index is 14.3. The van der Waals surface area contributed by atoms with Crippen molar-refractivity contribution < 1.29 is 33.8 Å². The first-order valence-electron chi connectivity index (χ1n) is 16.0. The van der Waals surface area contributed by atoms with Gasteiger partial charge in [-0.1, -0.05) is 32.1 Å². The van der Waals surface area contributed by atoms with Gasteiger partial charge in [0.1, 0.15) is 29.6 Å². The maximum Gasteiger partial charge on any atom is 0.408 e. The van der Waals surface area contributed by atoms with Gasteiger partial charge in [0.15, 0.2) is 0 Å². The number of rotatable bonds is 9. The van der Waals surface area contributed by atoms with E-state index in [0.717, 1.165) is 49.0 Å². The van der Waals surface area contributed by atoms with Crippen LogP contribution in [0.5, 0.6) is 5.75 Å². The minimum absolute atomic E-state index is 0.0902. The van der Waals surface area contributed by atoms with Crippen molar-refractivity contribution in [3.63, 3.8) is 0 Å². The topological polar surface area (TPSA) is 168 Å². The molecule has 13 heteroatoms. The predicted molar refractivity (Wildman–Crippen MR) is 163 cm³/mol. The molecule has 2 saturated carbocycles. The van der Waals surface area contributed by atoms with Crippen LogP contribution in [0.15, 0.2) is 37.1 Å². The molecule has 1 saturated heterocycles. The molecule has 0 spiro atoms. The van der Waals surface area contributed by atoms with E-state index >= 15 is 0 Å². The number of benzene rings is 1. The summed E-state index contributed by atoms with van der Waals surface area (Å²) < 4.78 is 12.9. The summed E-state index contributed by atoms with van der Waals surface area (Å²) in [5.41, 5.74) is 0.282. The van der Waals surface area contributed by atoms with Crippen LogP contribution in [0.3, 0.4) is 0 Å². The fourth-order valence-corrected chi connectivity index (χ4v) is 6.86. The highest BCUT2D eigenvalue weighted by atomic mass is 16.6. The number of ether oxygens (including phenoxy) is 2. The van der Waals surface area contributed by atoms with Crippen LogP contribution in [0.25, 0.3) is 11.3 Å². The highest BCUT2D eigenvalue weighted by Crippen LogP contribution is 2.44. The Hall–Kier alpha value is -4.42. The monoisotopic (exact) mass is 633 g/mol. The number of aromatic nitrogens is 3. The summed E-state index contributed by atoms with van der Waals surface area (Å²) in [6, 6.07) is 3.33. The standard InChI is InChI=1S/C33H42N6O7/c1-5-21-16-33(21,30(42)43)35-28(40)25-15-22(39-18-24(36-37-39)19-10-11-26-20(14-19)12-13-45-26)17-38(25)29(41)27(32(2,3)4)34-31(44)46-23-8-6-7-9-23/h5,10-11,14,18,21-23,25,27H,1,6-9,12-13,15-17H2,2-4H3,(H,34,44)(H,35,40)(H,42,43)/p-1/t21-,22-,25+,27-,33-/m1/s1. The van der Waals surface area contributed by atoms with Gasteiger partial charge in [-0.3, -0.25) is 9.59 Å². The second kappa shape index (κ2) is 12.1. The zero-order valence-electron chi connectivity index (χ0n) is 26.5. The number of alkyl carbamates (subject to hydrolysis) is 1. The van der Waals surface area contributed by atoms with Crippen LogP contribution in [0.1, 0.15) is 70.9 Å². The van der Waals surface area contributed by atoms with E-state index in [1.807, 2.05) is 39.0 Å². The van der Waals surface area contributed by atoms with Crippen molar-refractivity contribution in [1.29, 1.82) is 0 Å². The quantitative estimate of drug-likeness (QED) is 0.392. The van der Waals surface area contributed by atoms with Gasteiger partial charge in [-0.05, 0) is 61.3 Å². The normalized spacial score (nSPS) is 26.2. The van der Waals surface area contributed by atoms with Crippen LogP contribution in [-0.2, 0) is 25.5 Å². The molecule has 3 amide bonds. The van der Waals surface area contributed by atoms with Crippen LogP contribution in [0.2, 0.25) is 0 Å². The first kappa shape index (κ1) is 31.6. The number of nitrogens with zero attached hydrogens (tertiary/aromatic N) is 4. The second-order valence-electron chi connectivity index (χ2n) is 14.0. The number of carbonyl (C=O) groups is 4. The van der Waals surface area contributed by atoms with Crippen LogP contribution < -0.4 is 20.5 Å². The summed E-state index contributed by atoms with van der Waals surface area (Å²) >= 11 is 0. The average Bonchev–Trinajstić information content (AvgIpc) is 3.63. The van der Waals surface area contributed by atoms with Gasteiger partial charge >= 0.3 is 6.09 Å². The molecule has 3 heterocycles. The third-order valence-corrected chi connectivity index (χ3v) is 9.70. The van der Waals surface area contributed by atoms with E-state index in [9.17, 15) is 24.3 Å². The number of carboxylic acid groups (broad SMARTS) is 1. The molecule has 6 rings (SSSR count). The summed E-state index contributed by atoms with van der Waals surface area (Å²) in [7, 11) is 0. The number of hydrogen-bond acceptors (Lipinski definition) is 9. The van der Waals surface area contributed by atoms with Gasteiger partial charge in [-0.25, -0.2) is 9.48 Å². The molecule has 13 nitrogen and oxygen atoms in total. The number of likely N-dealkylation sites (tertiary alicyclic amines) is 1. The molecule has 3 fully saturated rings. The summed E-state index contributed by atoms with van der Waals surface area (Å²) in [5.74, 6) is -2.12. The van der Waals surface area contributed by atoms with Gasteiger partial charge in [0, 0.05) is 30.9 Å². The highest BCUT2D eigenvalue weighted by molar-refractivity contribution is 5.96. The van der Waals surface area contributed by atoms with E-state index in [0.29, 0.717) is 12.3 Å². The average molecular weight is 634 g/mol. The Morgan fingerprint density at radius 1 is 1.22 bits per heavy atom. The minimum atomic E-state index is -1.57. The molecule has 0 radical (unpaired) electrons. The van der Waals surface area contributed by atoms with Crippen molar-refractivity contribution >= 4 is 23.9 Å². The van der Waals surface area contributed by atoms with Crippen molar-refractivity contribution in [2.24, 2.45) is 11.3 Å². The number of carbonyl (C=O) groups excluding carboxylic acids is 4. The fourth-order valence-electron chi connectivity index (χ4n) is 6.86. The van der Waals surface area contributed by atoms with E-state index < -0.39 is 58.9 Å². The molecule has 46 heavy (non-hydrogen) atoms. The van der Waals surface area contributed by atoms with Crippen molar-refractivity contribution in [1.82, 2.24) is 30.5 Å². The number of amides is 3. The first-order valence-corrected chi connectivity index (χ1v) is 16.0. The summed E-state index contributed by atoms with van der Waals surface area (Å²) in [6.07, 6.45) is 7.04. The van der Waals surface area contributed by atoms with Crippen LogP contribution in [0, 0.1) is 11.3 Å². The molecule has 5 atom stereocenters. The van der Waals surface area contributed by atoms with Gasteiger partial charge < -0.3 is 34.9 Å². The number of nitrogens with one attached hydrogen (secondary N) is 2. The van der Waals surface area contributed by atoms with Crippen molar-refractivity contribution in [2.45, 2.75) is 95.5 Å². The Labute approximate surface area is 267 Å². The second-order valence-corrected chi connectivity index (χ2v) is 14.0. The van der Waals surface area contributed by atoms with E-state index in [1.165, 1.54) is 11.0 Å². The Balaban J connectivity index is 1.26. The summed E-state index contributed by atoms with van der Waals surface area (Å²) in [5, 5.41) is 26.2. The van der Waals surface area contributed by atoms with Gasteiger partial charge in [0.25, 0.3) is 0 Å². The van der Waals surface area contributed by atoms with E-state index in [4.69, 9.17) is 9.47 Å². The number of fused-ring (bicyclic) bond motifs is 1. The molecule has 2 aliphatic heterocycles. The minimum Gasteiger partial charge on any atom is -0.548 e. The zero-order valence-corrected chi connectivity index (χ0v) is 26.5. The maximum absolute atomic E-state index is 14.3. The molecule has 4 aliphatic rings. The van der Waals surface area contributed by atoms with Crippen molar-refractivity contribution in [3.8, 4) is 17.0 Å². The molecule has 2 aliphatic carbocycles. The molecule has 2 N–H and O–H groups in total. The van der Waals surface area contributed by atoms with Gasteiger partial charge in [0.05, 0.1) is 30.4 Å². The van der Waals surface area contributed by atoms with E-state index in [1.54, 1.807) is 10.9 Å². The fraction of sp³-hybridized carbons (Fsp3) is 0.576. The summed E-state index contributed by atoms with van der Waals surface area (Å²) in [4.78, 5) is 54.5. The lowest BCUT2D eigenvalue weighted by atomic mass is 9.85. The Morgan fingerprint density at radius 2 is 1.98 bits per heavy atom. The molecular formula is C33H41N6O7-. The van der Waals surface area contributed by atoms with Crippen molar-refractivity contribution in [3.05, 3.63) is 42.6 Å². The lowest BCUT2D eigenvalue weighted by molar-refractivity contribution is -0.310. The van der Waals surface area contributed by atoms with Gasteiger partial charge in [-0.2, -0.15) is 0 Å². The zero-order chi connectivity index (χ0) is 32.8. The number of carboxylic acids is 1. The van der Waals surface area contributed by atoms with Crippen LogP contribution in [-0.4, -0.2) is 80.6 Å². The Morgan fingerprint density at radius 3 is 2.65 bits per heavy atom. The molecule has 1 aromatic heterocycles. The molecule has 0 bridgehead atoms. The Kier molecular flexibility index (Phi) is 8.28. The lowest BCUT2D eigenvalue weighted by Crippen LogP contribution is -2.60. The highest BCUT2D eigenvalue weighted by Gasteiger charge is 2.57. The largest absolute Gasteiger partial charge is 0.548 e. The predicted octanol–water partition coefficient (Wildman–Crippen LogP) is 1.92. The Bertz CT molecular complexity index is 1540. The van der Waals surface area contributed by atoms with E-state index in [2.05, 4.69) is 27.5 Å². The van der Waals surface area contributed by atoms with Crippen LogP contribution in [0.4, 0.5) is 4.79 Å². The smallest absolute Gasteiger partial charge is 0.408 e. The lowest BCUT2D eigenvalue weighted by Gasteiger charge is -2.35. The number of hydrogen-bond donors (Lipinski definition) is 2. The molecule has 2 aromatic rings. The first-order chi connectivity index (χ1) is 21.9. The molecular weight excluding hydrogens is 592 g/mol. The summed E-state index contributed by atoms with van der Waals surface area (Å²) in [6.45, 7) is 9.87. The SMILES string of the molecule is C=C[C@@H]1C[C@]1(NC(=O)[C@@H]1C[C@@H](n2cc(-c3ccc4c(c3)CCO4)nn2)CN1C(=O)[C@@H](NC(=O)OC1CCCC1)C(C)(C)C)C(=O)[O-]. The molecule has 0 unspecified atom stereocenters. The van der Waals surface area contributed by atoms with E-state index in [-0.39, 0.29) is 25.5 Å². The number of aliphatic carboxylic acids is 1. The third kappa shape index (κ3) is 6.06. The van der Waals surface area contributed by atoms with Crippen LogP contribution >= 0.6 is 0 Å². The third-order valence-electron chi connectivity index (χ3n) is 9.70.